The summed E-state index contributed by atoms with van der Waals surface area (Å²) in [6.07, 6.45) is 5.26. The van der Waals surface area contributed by atoms with Crippen molar-refractivity contribution in [1.82, 2.24) is 14.9 Å². The third-order valence-corrected chi connectivity index (χ3v) is 6.71. The van der Waals surface area contributed by atoms with E-state index in [0.717, 1.165) is 27.6 Å². The maximum Gasteiger partial charge on any atom is 0.253 e. The molecule has 6 heteroatoms. The SMILES string of the molecule is CN(C)C(=O)c1ccc(CSc2ncnc3sc4c(c23)CCC4)cc1. The molecule has 1 amide bonds. The van der Waals surface area contributed by atoms with E-state index in [0.29, 0.717) is 0 Å². The Morgan fingerprint density at radius 2 is 2.00 bits per heavy atom. The van der Waals surface area contributed by atoms with E-state index in [1.807, 2.05) is 35.6 Å². The highest BCUT2D eigenvalue weighted by Gasteiger charge is 2.21. The van der Waals surface area contributed by atoms with Crippen molar-refractivity contribution in [3.63, 3.8) is 0 Å². The van der Waals surface area contributed by atoms with Gasteiger partial charge < -0.3 is 4.90 Å². The van der Waals surface area contributed by atoms with Crippen molar-refractivity contribution in [1.29, 1.82) is 0 Å². The minimum atomic E-state index is 0.0329. The van der Waals surface area contributed by atoms with Crippen LogP contribution in [0.1, 0.15) is 32.8 Å². The highest BCUT2D eigenvalue weighted by Crippen LogP contribution is 2.40. The van der Waals surface area contributed by atoms with E-state index < -0.39 is 0 Å². The van der Waals surface area contributed by atoms with Crippen LogP contribution in [0.5, 0.6) is 0 Å². The Labute approximate surface area is 155 Å². The summed E-state index contributed by atoms with van der Waals surface area (Å²) >= 11 is 3.58. The number of aryl methyl sites for hydroxylation is 2. The number of aromatic nitrogens is 2. The number of hydrogen-bond donors (Lipinski definition) is 0. The van der Waals surface area contributed by atoms with Gasteiger partial charge in [-0.2, -0.15) is 0 Å². The molecule has 2 aromatic heterocycles. The third kappa shape index (κ3) is 3.16. The van der Waals surface area contributed by atoms with Gasteiger partial charge in [0.1, 0.15) is 16.2 Å². The van der Waals surface area contributed by atoms with E-state index in [4.69, 9.17) is 0 Å². The van der Waals surface area contributed by atoms with Crippen LogP contribution in [0.4, 0.5) is 0 Å². The molecular formula is C19H19N3OS2. The summed E-state index contributed by atoms with van der Waals surface area (Å²) in [5, 5.41) is 2.35. The van der Waals surface area contributed by atoms with Crippen molar-refractivity contribution >= 4 is 39.2 Å². The Morgan fingerprint density at radius 1 is 1.20 bits per heavy atom. The van der Waals surface area contributed by atoms with Crippen molar-refractivity contribution in [2.75, 3.05) is 14.1 Å². The highest BCUT2D eigenvalue weighted by molar-refractivity contribution is 7.98. The summed E-state index contributed by atoms with van der Waals surface area (Å²) in [5.74, 6) is 0.873. The van der Waals surface area contributed by atoms with Gasteiger partial charge in [0.05, 0.1) is 0 Å². The number of benzene rings is 1. The zero-order chi connectivity index (χ0) is 17.4. The number of carbonyl (C=O) groups is 1. The van der Waals surface area contributed by atoms with Crippen LogP contribution in [0.25, 0.3) is 10.2 Å². The summed E-state index contributed by atoms with van der Waals surface area (Å²) in [6, 6.07) is 7.85. The van der Waals surface area contributed by atoms with Gasteiger partial charge in [0.25, 0.3) is 5.91 Å². The van der Waals surface area contributed by atoms with E-state index >= 15 is 0 Å². The number of amides is 1. The molecule has 4 nitrogen and oxygen atoms in total. The van der Waals surface area contributed by atoms with Crippen LogP contribution in [0.2, 0.25) is 0 Å². The lowest BCUT2D eigenvalue weighted by molar-refractivity contribution is 0.0827. The maximum absolute atomic E-state index is 12.0. The number of hydrogen-bond acceptors (Lipinski definition) is 5. The lowest BCUT2D eigenvalue weighted by Gasteiger charge is -2.10. The van der Waals surface area contributed by atoms with Gasteiger partial charge in [0.15, 0.2) is 0 Å². The van der Waals surface area contributed by atoms with E-state index in [1.54, 1.807) is 37.1 Å². The van der Waals surface area contributed by atoms with Crippen LogP contribution in [0.3, 0.4) is 0 Å². The molecule has 25 heavy (non-hydrogen) atoms. The predicted molar refractivity (Wildman–Crippen MR) is 103 cm³/mol. The predicted octanol–water partition coefficient (Wildman–Crippen LogP) is 4.17. The first-order valence-electron chi connectivity index (χ1n) is 8.32. The van der Waals surface area contributed by atoms with Crippen molar-refractivity contribution < 1.29 is 4.79 Å². The summed E-state index contributed by atoms with van der Waals surface area (Å²) < 4.78 is 0. The molecular weight excluding hydrogens is 350 g/mol. The number of rotatable bonds is 4. The fourth-order valence-electron chi connectivity index (χ4n) is 3.16. The Bertz CT molecular complexity index is 932. The first-order chi connectivity index (χ1) is 12.1. The lowest BCUT2D eigenvalue weighted by atomic mass is 10.1. The Morgan fingerprint density at radius 3 is 2.76 bits per heavy atom. The molecule has 0 aliphatic heterocycles. The first kappa shape index (κ1) is 16.5. The zero-order valence-corrected chi connectivity index (χ0v) is 15.9. The molecule has 0 spiro atoms. The second-order valence-corrected chi connectivity index (χ2v) is 8.45. The first-order valence-corrected chi connectivity index (χ1v) is 10.1. The summed E-state index contributed by atoms with van der Waals surface area (Å²) in [5.41, 5.74) is 3.38. The molecule has 0 unspecified atom stereocenters. The van der Waals surface area contributed by atoms with Crippen molar-refractivity contribution in [3.05, 3.63) is 52.2 Å². The van der Waals surface area contributed by atoms with Gasteiger partial charge >= 0.3 is 0 Å². The van der Waals surface area contributed by atoms with Crippen LogP contribution < -0.4 is 0 Å². The topological polar surface area (TPSA) is 46.1 Å². The largest absolute Gasteiger partial charge is 0.345 e. The summed E-state index contributed by atoms with van der Waals surface area (Å²) in [4.78, 5) is 25.2. The molecule has 0 atom stereocenters. The normalized spacial score (nSPS) is 13.2. The second-order valence-electron chi connectivity index (χ2n) is 6.40. The zero-order valence-electron chi connectivity index (χ0n) is 14.3. The molecule has 3 aromatic rings. The van der Waals surface area contributed by atoms with Gasteiger partial charge in [0.2, 0.25) is 0 Å². The second kappa shape index (κ2) is 6.77. The fraction of sp³-hybridized carbons (Fsp3) is 0.316. The Balaban J connectivity index is 1.54. The van der Waals surface area contributed by atoms with Crippen molar-refractivity contribution in [2.45, 2.75) is 30.0 Å². The standard InChI is InChI=1S/C19H19N3OS2/c1-22(2)19(23)13-8-6-12(7-9-13)10-24-17-16-14-4-3-5-15(14)25-18(16)21-11-20-17/h6-9,11H,3-5,10H2,1-2H3. The average Bonchev–Trinajstić information content (AvgIpc) is 3.20. The molecule has 0 fully saturated rings. The van der Waals surface area contributed by atoms with Gasteiger partial charge in [-0.15, -0.1) is 23.1 Å². The molecule has 128 valence electrons. The minimum absolute atomic E-state index is 0.0329. The smallest absolute Gasteiger partial charge is 0.253 e. The third-order valence-electron chi connectivity index (χ3n) is 4.45. The van der Waals surface area contributed by atoms with Crippen LogP contribution >= 0.6 is 23.1 Å². The Hall–Kier alpha value is -1.92. The number of thiophene rings is 1. The molecule has 2 heterocycles. The maximum atomic E-state index is 12.0. The van der Waals surface area contributed by atoms with Crippen molar-refractivity contribution in [2.24, 2.45) is 0 Å². The fourth-order valence-corrected chi connectivity index (χ4v) is 5.44. The monoisotopic (exact) mass is 369 g/mol. The van der Waals surface area contributed by atoms with Crippen LogP contribution in [-0.2, 0) is 18.6 Å². The minimum Gasteiger partial charge on any atom is -0.345 e. The van der Waals surface area contributed by atoms with Gasteiger partial charge in [-0.25, -0.2) is 9.97 Å². The van der Waals surface area contributed by atoms with E-state index in [1.165, 1.54) is 34.2 Å². The van der Waals surface area contributed by atoms with Crippen LogP contribution in [0, 0.1) is 0 Å². The summed E-state index contributed by atoms with van der Waals surface area (Å²) in [6.45, 7) is 0. The van der Waals surface area contributed by atoms with Crippen LogP contribution in [-0.4, -0.2) is 34.9 Å². The van der Waals surface area contributed by atoms with Gasteiger partial charge in [-0.05, 0) is 42.5 Å². The molecule has 0 saturated heterocycles. The highest BCUT2D eigenvalue weighted by atomic mass is 32.2. The molecule has 0 N–H and O–H groups in total. The van der Waals surface area contributed by atoms with E-state index in [2.05, 4.69) is 9.97 Å². The molecule has 1 aliphatic rings. The molecule has 0 saturated carbocycles. The lowest BCUT2D eigenvalue weighted by Crippen LogP contribution is -2.21. The number of fused-ring (bicyclic) bond motifs is 3. The van der Waals surface area contributed by atoms with Crippen LogP contribution in [0.15, 0.2) is 35.6 Å². The van der Waals surface area contributed by atoms with E-state index in [9.17, 15) is 4.79 Å². The Kier molecular flexibility index (Phi) is 4.48. The number of nitrogens with zero attached hydrogens (tertiary/aromatic N) is 3. The van der Waals surface area contributed by atoms with Gasteiger partial charge in [-0.1, -0.05) is 12.1 Å². The summed E-state index contributed by atoms with van der Waals surface area (Å²) in [7, 11) is 3.54. The van der Waals surface area contributed by atoms with E-state index in [-0.39, 0.29) is 5.91 Å². The molecule has 0 radical (unpaired) electrons. The average molecular weight is 370 g/mol. The quantitative estimate of drug-likeness (QED) is 0.511. The molecule has 0 bridgehead atoms. The molecule has 1 aromatic carbocycles. The number of carbonyl (C=O) groups excluding carboxylic acids is 1. The number of thioether (sulfide) groups is 1. The molecule has 4 rings (SSSR count). The molecule has 1 aliphatic carbocycles. The van der Waals surface area contributed by atoms with Crippen molar-refractivity contribution in [3.8, 4) is 0 Å². The van der Waals surface area contributed by atoms with Gasteiger partial charge in [0, 0.05) is 35.7 Å². The van der Waals surface area contributed by atoms with Gasteiger partial charge in [-0.3, -0.25) is 4.79 Å².